The van der Waals surface area contributed by atoms with E-state index in [9.17, 15) is 13.2 Å². The Hall–Kier alpha value is -3.04. The van der Waals surface area contributed by atoms with Gasteiger partial charge in [-0.15, -0.1) is 5.10 Å². The summed E-state index contributed by atoms with van der Waals surface area (Å²) in [5.74, 6) is 0.367. The van der Waals surface area contributed by atoms with Crippen molar-refractivity contribution in [2.24, 2.45) is 5.92 Å². The van der Waals surface area contributed by atoms with Gasteiger partial charge in [0, 0.05) is 24.2 Å². The van der Waals surface area contributed by atoms with Crippen LogP contribution in [0.1, 0.15) is 30.1 Å². The molecule has 3 aromatic rings. The van der Waals surface area contributed by atoms with Crippen molar-refractivity contribution >= 4 is 21.9 Å². The maximum absolute atomic E-state index is 12.8. The highest BCUT2D eigenvalue weighted by Gasteiger charge is 2.28. The molecule has 0 radical (unpaired) electrons. The van der Waals surface area contributed by atoms with Crippen LogP contribution in [0.2, 0.25) is 0 Å². The summed E-state index contributed by atoms with van der Waals surface area (Å²) in [6.45, 7) is 3.17. The quantitative estimate of drug-likeness (QED) is 0.670. The minimum Gasteiger partial charge on any atom is -0.403 e. The molecule has 0 saturated carbocycles. The Kier molecular flexibility index (Phi) is 5.65. The van der Waals surface area contributed by atoms with Crippen LogP contribution < -0.4 is 5.32 Å². The van der Waals surface area contributed by atoms with Gasteiger partial charge in [0.05, 0.1) is 4.90 Å². The third-order valence-corrected chi connectivity index (χ3v) is 7.08. The van der Waals surface area contributed by atoms with Crippen LogP contribution in [0, 0.1) is 5.92 Å². The zero-order chi connectivity index (χ0) is 21.1. The largest absolute Gasteiger partial charge is 0.403 e. The molecule has 1 fully saturated rings. The summed E-state index contributed by atoms with van der Waals surface area (Å²) in [4.78, 5) is 12.6. The number of anilines is 1. The zero-order valence-electron chi connectivity index (χ0n) is 16.5. The molecule has 0 bridgehead atoms. The van der Waals surface area contributed by atoms with Crippen molar-refractivity contribution in [3.63, 3.8) is 0 Å². The molecule has 1 N–H and O–H groups in total. The summed E-state index contributed by atoms with van der Waals surface area (Å²) >= 11 is 0. The van der Waals surface area contributed by atoms with Gasteiger partial charge in [-0.3, -0.25) is 10.1 Å². The van der Waals surface area contributed by atoms with E-state index in [1.165, 1.54) is 28.6 Å². The van der Waals surface area contributed by atoms with Crippen molar-refractivity contribution in [1.29, 1.82) is 0 Å². The summed E-state index contributed by atoms with van der Waals surface area (Å²) in [6, 6.07) is 15.0. The fourth-order valence-electron chi connectivity index (χ4n) is 3.29. The third-order valence-electron chi connectivity index (χ3n) is 5.16. The molecule has 30 heavy (non-hydrogen) atoms. The minimum atomic E-state index is -3.55. The zero-order valence-corrected chi connectivity index (χ0v) is 17.3. The Bertz CT molecular complexity index is 1120. The molecule has 0 atom stereocenters. The summed E-state index contributed by atoms with van der Waals surface area (Å²) in [6.07, 6.45) is 1.71. The second-order valence-electron chi connectivity index (χ2n) is 7.34. The first-order chi connectivity index (χ1) is 14.4. The van der Waals surface area contributed by atoms with Gasteiger partial charge in [-0.1, -0.05) is 30.2 Å². The Labute approximate surface area is 175 Å². The highest BCUT2D eigenvalue weighted by Crippen LogP contribution is 2.24. The van der Waals surface area contributed by atoms with Crippen LogP contribution in [0.4, 0.5) is 6.01 Å². The van der Waals surface area contributed by atoms with Gasteiger partial charge in [-0.2, -0.15) is 4.31 Å². The van der Waals surface area contributed by atoms with Crippen molar-refractivity contribution in [1.82, 2.24) is 14.5 Å². The van der Waals surface area contributed by atoms with E-state index in [4.69, 9.17) is 4.42 Å². The Morgan fingerprint density at radius 2 is 1.70 bits per heavy atom. The number of nitrogens with one attached hydrogen (secondary N) is 1. The summed E-state index contributed by atoms with van der Waals surface area (Å²) in [5.41, 5.74) is 1.04. The molecular weight excluding hydrogens is 404 g/mol. The van der Waals surface area contributed by atoms with E-state index in [0.29, 0.717) is 30.5 Å². The fourth-order valence-corrected chi connectivity index (χ4v) is 4.76. The average molecular weight is 426 g/mol. The van der Waals surface area contributed by atoms with Gasteiger partial charge in [-0.05, 0) is 55.2 Å². The van der Waals surface area contributed by atoms with Crippen LogP contribution in [-0.4, -0.2) is 41.9 Å². The number of hydrogen-bond donors (Lipinski definition) is 1. The number of benzene rings is 2. The molecule has 0 spiro atoms. The molecule has 4 rings (SSSR count). The molecule has 0 aliphatic carbocycles. The number of rotatable bonds is 5. The summed E-state index contributed by atoms with van der Waals surface area (Å²) < 4.78 is 32.6. The molecule has 0 unspecified atom stereocenters. The van der Waals surface area contributed by atoms with E-state index in [-0.39, 0.29) is 10.9 Å². The van der Waals surface area contributed by atoms with Crippen molar-refractivity contribution in [2.75, 3.05) is 18.4 Å². The van der Waals surface area contributed by atoms with Crippen molar-refractivity contribution in [2.45, 2.75) is 24.7 Å². The normalized spacial score (nSPS) is 15.8. The maximum Gasteiger partial charge on any atom is 0.322 e. The van der Waals surface area contributed by atoms with Crippen LogP contribution in [0.3, 0.4) is 0 Å². The van der Waals surface area contributed by atoms with Crippen LogP contribution in [0.25, 0.3) is 11.5 Å². The fraction of sp³-hybridized carbons (Fsp3) is 0.286. The van der Waals surface area contributed by atoms with Crippen LogP contribution in [-0.2, 0) is 10.0 Å². The van der Waals surface area contributed by atoms with Crippen molar-refractivity contribution < 1.29 is 17.6 Å². The number of carbonyl (C=O) groups excluding carboxylic acids is 1. The lowest BCUT2D eigenvalue weighted by Gasteiger charge is -2.29. The highest BCUT2D eigenvalue weighted by molar-refractivity contribution is 7.89. The van der Waals surface area contributed by atoms with Gasteiger partial charge in [0.25, 0.3) is 5.91 Å². The van der Waals surface area contributed by atoms with E-state index >= 15 is 0 Å². The van der Waals surface area contributed by atoms with E-state index in [2.05, 4.69) is 22.4 Å². The predicted molar refractivity (Wildman–Crippen MR) is 111 cm³/mol. The monoisotopic (exact) mass is 426 g/mol. The highest BCUT2D eigenvalue weighted by atomic mass is 32.2. The lowest BCUT2D eigenvalue weighted by atomic mass is 10.0. The van der Waals surface area contributed by atoms with Gasteiger partial charge < -0.3 is 4.42 Å². The lowest BCUT2D eigenvalue weighted by molar-refractivity contribution is 0.102. The molecule has 1 aliphatic heterocycles. The summed E-state index contributed by atoms with van der Waals surface area (Å²) in [7, 11) is -3.55. The van der Waals surface area contributed by atoms with E-state index in [0.717, 1.165) is 18.4 Å². The molecule has 1 aliphatic rings. The number of carbonyl (C=O) groups is 1. The third kappa shape index (κ3) is 4.27. The standard InChI is InChI=1S/C21H22N4O4S/c1-15-11-13-25(14-12-15)30(27,28)18-9-7-16(8-10-18)19(26)22-21-24-23-20(29-21)17-5-3-2-4-6-17/h2-10,15H,11-14H2,1H3,(H,22,24,26). The predicted octanol–water partition coefficient (Wildman–Crippen LogP) is 3.41. The maximum atomic E-state index is 12.8. The van der Waals surface area contributed by atoms with Crippen LogP contribution in [0.15, 0.2) is 63.9 Å². The number of piperidine rings is 1. The van der Waals surface area contributed by atoms with Crippen LogP contribution in [0.5, 0.6) is 0 Å². The molecular formula is C21H22N4O4S. The van der Waals surface area contributed by atoms with Gasteiger partial charge in [-0.25, -0.2) is 8.42 Å². The van der Waals surface area contributed by atoms with Gasteiger partial charge in [0.1, 0.15) is 0 Å². The Balaban J connectivity index is 1.44. The molecule has 9 heteroatoms. The van der Waals surface area contributed by atoms with E-state index in [1.807, 2.05) is 30.3 Å². The molecule has 1 amide bonds. The Morgan fingerprint density at radius 3 is 2.37 bits per heavy atom. The van der Waals surface area contributed by atoms with Crippen LogP contribution >= 0.6 is 0 Å². The van der Waals surface area contributed by atoms with Gasteiger partial charge >= 0.3 is 6.01 Å². The van der Waals surface area contributed by atoms with E-state index in [1.54, 1.807) is 0 Å². The number of amides is 1. The molecule has 1 saturated heterocycles. The first-order valence-corrected chi connectivity index (χ1v) is 11.2. The lowest BCUT2D eigenvalue weighted by Crippen LogP contribution is -2.37. The smallest absolute Gasteiger partial charge is 0.322 e. The number of hydrogen-bond acceptors (Lipinski definition) is 6. The van der Waals surface area contributed by atoms with E-state index < -0.39 is 15.9 Å². The first-order valence-electron chi connectivity index (χ1n) is 9.74. The summed E-state index contributed by atoms with van der Waals surface area (Å²) in [5, 5.41) is 10.3. The van der Waals surface area contributed by atoms with Gasteiger partial charge in [0.15, 0.2) is 0 Å². The topological polar surface area (TPSA) is 105 Å². The number of sulfonamides is 1. The molecule has 156 valence electrons. The minimum absolute atomic E-state index is 0.0296. The SMILES string of the molecule is CC1CCN(S(=O)(=O)c2ccc(C(=O)Nc3nnc(-c4ccccc4)o3)cc2)CC1. The van der Waals surface area contributed by atoms with Crippen molar-refractivity contribution in [3.05, 3.63) is 60.2 Å². The Morgan fingerprint density at radius 1 is 1.03 bits per heavy atom. The van der Waals surface area contributed by atoms with Crippen molar-refractivity contribution in [3.8, 4) is 11.5 Å². The first kappa shape index (κ1) is 20.2. The number of nitrogens with zero attached hydrogens (tertiary/aromatic N) is 3. The molecule has 2 heterocycles. The number of aromatic nitrogens is 2. The molecule has 8 nitrogen and oxygen atoms in total. The molecule has 2 aromatic carbocycles. The average Bonchev–Trinajstić information content (AvgIpc) is 3.23. The second kappa shape index (κ2) is 8.37. The second-order valence-corrected chi connectivity index (χ2v) is 9.28. The molecule has 1 aromatic heterocycles. The van der Waals surface area contributed by atoms with Gasteiger partial charge in [0.2, 0.25) is 15.9 Å².